The van der Waals surface area contributed by atoms with Crippen molar-refractivity contribution >= 4 is 39.5 Å². The van der Waals surface area contributed by atoms with E-state index in [0.717, 1.165) is 114 Å². The molecule has 0 aliphatic rings. The highest BCUT2D eigenvalue weighted by atomic mass is 31.2. The Bertz CT molecular complexity index is 1790. The molecular weight excluding hydrogens is 1200 g/mol. The number of hydrogen-bond donors (Lipinski definition) is 3. The highest BCUT2D eigenvalue weighted by Crippen LogP contribution is 2.45. The zero-order chi connectivity index (χ0) is 67.3. The van der Waals surface area contributed by atoms with Crippen molar-refractivity contribution in [2.75, 3.05) is 39.6 Å². The summed E-state index contributed by atoms with van der Waals surface area (Å²) in [6, 6.07) is 0. The number of ether oxygens (including phenoxy) is 4. The quantitative estimate of drug-likeness (QED) is 0.0222. The van der Waals surface area contributed by atoms with Gasteiger partial charge in [0.25, 0.3) is 0 Å². The molecule has 0 rings (SSSR count). The van der Waals surface area contributed by atoms with Crippen LogP contribution in [0, 0.1) is 17.8 Å². The summed E-state index contributed by atoms with van der Waals surface area (Å²) in [6.07, 6.45) is 47.1. The van der Waals surface area contributed by atoms with E-state index in [1.165, 1.54) is 167 Å². The zero-order valence-electron chi connectivity index (χ0n) is 59.3. The first kappa shape index (κ1) is 89.1. The number of hydrogen-bond acceptors (Lipinski definition) is 15. The third kappa shape index (κ3) is 63.9. The minimum atomic E-state index is -4.95. The van der Waals surface area contributed by atoms with Crippen LogP contribution in [0.25, 0.3) is 0 Å². The molecule has 0 aromatic rings. The Balaban J connectivity index is 5.24. The fourth-order valence-electron chi connectivity index (χ4n) is 10.8. The largest absolute Gasteiger partial charge is 0.472 e. The molecule has 17 nitrogen and oxygen atoms in total. The van der Waals surface area contributed by atoms with Crippen molar-refractivity contribution < 1.29 is 80.2 Å². The van der Waals surface area contributed by atoms with E-state index in [4.69, 9.17) is 37.0 Å². The maximum Gasteiger partial charge on any atom is 0.472 e. The number of rotatable bonds is 70. The molecule has 0 bridgehead atoms. The predicted molar refractivity (Wildman–Crippen MR) is 368 cm³/mol. The van der Waals surface area contributed by atoms with Crippen LogP contribution in [0.5, 0.6) is 0 Å². The molecule has 0 aliphatic heterocycles. The summed E-state index contributed by atoms with van der Waals surface area (Å²) in [5.74, 6) is 0.197. The van der Waals surface area contributed by atoms with Gasteiger partial charge in [-0.2, -0.15) is 0 Å². The Morgan fingerprint density at radius 2 is 0.560 bits per heavy atom. The van der Waals surface area contributed by atoms with E-state index in [2.05, 4.69) is 48.5 Å². The van der Waals surface area contributed by atoms with Crippen molar-refractivity contribution in [3.63, 3.8) is 0 Å². The van der Waals surface area contributed by atoms with Crippen LogP contribution in [0.4, 0.5) is 0 Å². The first-order chi connectivity index (χ1) is 43.8. The molecule has 0 aromatic heterocycles. The summed E-state index contributed by atoms with van der Waals surface area (Å²) < 4.78 is 68.3. The normalized spacial score (nSPS) is 14.8. The van der Waals surface area contributed by atoms with Gasteiger partial charge in [-0.15, -0.1) is 0 Å². The fraction of sp³-hybridized carbons (Fsp3) is 0.944. The molecule has 0 aliphatic carbocycles. The Morgan fingerprint density at radius 3 is 0.835 bits per heavy atom. The van der Waals surface area contributed by atoms with Crippen molar-refractivity contribution in [2.24, 2.45) is 17.8 Å². The van der Waals surface area contributed by atoms with Crippen LogP contribution in [0.1, 0.15) is 363 Å². The average molecular weight is 1340 g/mol. The van der Waals surface area contributed by atoms with Gasteiger partial charge in [0.1, 0.15) is 19.3 Å². The Hall–Kier alpha value is -1.94. The van der Waals surface area contributed by atoms with Crippen LogP contribution in [-0.2, 0) is 65.4 Å². The first-order valence-corrected chi connectivity index (χ1v) is 40.4. The smallest absolute Gasteiger partial charge is 0.462 e. The number of phosphoric ester groups is 2. The molecule has 0 amide bonds. The molecule has 19 heteroatoms. The summed E-state index contributed by atoms with van der Waals surface area (Å²) in [6.45, 7) is 11.9. The lowest BCUT2D eigenvalue weighted by Crippen LogP contribution is -2.30. The molecule has 91 heavy (non-hydrogen) atoms. The second-order valence-corrected chi connectivity index (χ2v) is 29.8. The van der Waals surface area contributed by atoms with Crippen LogP contribution >= 0.6 is 15.6 Å². The SMILES string of the molecule is CCCCCCCCCCCCCC(=O)O[C@H](COC(=O)CCCCCCCCC(C)CC)COP(=O)(O)OC[C@H](O)COP(=O)(O)OC[C@@H](COC(=O)CCCCCCCCCCCC(C)C)OC(=O)CCCCCCCCCCCCCCCCC(C)CC. The number of unbranched alkanes of at least 4 members (excludes halogenated alkanes) is 36. The van der Waals surface area contributed by atoms with E-state index in [-0.39, 0.29) is 25.7 Å². The number of aliphatic hydroxyl groups excluding tert-OH is 1. The van der Waals surface area contributed by atoms with Gasteiger partial charge in [-0.1, -0.05) is 312 Å². The standard InChI is InChI=1S/C72H140O17P2/c1-8-11-12-13-14-15-20-26-32-41-48-55-71(76)89-68(60-83-70(75)54-47-40-35-34-38-45-52-65(7)10-3)62-87-91(80,81)85-58-66(73)57-84-90(78,79)86-61-67(59-82-69(74)53-46-39-31-28-23-24-29-36-43-50-63(4)5)88-72(77)56-49-42-33-27-22-19-17-16-18-21-25-30-37-44-51-64(6)9-2/h63-68,73H,8-62H2,1-7H3,(H,78,79)(H,80,81)/t64?,65?,66-,67-,68-/m1/s1. The van der Waals surface area contributed by atoms with E-state index >= 15 is 0 Å². The van der Waals surface area contributed by atoms with Crippen LogP contribution in [0.2, 0.25) is 0 Å². The minimum absolute atomic E-state index is 0.106. The Morgan fingerprint density at radius 1 is 0.319 bits per heavy atom. The van der Waals surface area contributed by atoms with Crippen LogP contribution in [-0.4, -0.2) is 96.7 Å². The average Bonchev–Trinajstić information content (AvgIpc) is 3.58. The molecule has 0 saturated carbocycles. The number of carbonyl (C=O) groups excluding carboxylic acids is 4. The summed E-state index contributed by atoms with van der Waals surface area (Å²) in [7, 11) is -9.90. The lowest BCUT2D eigenvalue weighted by molar-refractivity contribution is -0.161. The summed E-state index contributed by atoms with van der Waals surface area (Å²) in [5, 5.41) is 10.6. The Kier molecular flexibility index (Phi) is 61.5. The van der Waals surface area contributed by atoms with Gasteiger partial charge < -0.3 is 33.8 Å². The van der Waals surface area contributed by atoms with E-state index in [0.29, 0.717) is 25.7 Å². The molecule has 0 fully saturated rings. The van der Waals surface area contributed by atoms with E-state index < -0.39 is 97.5 Å². The van der Waals surface area contributed by atoms with Gasteiger partial charge in [0, 0.05) is 25.7 Å². The molecule has 3 N–H and O–H groups in total. The maximum atomic E-state index is 13.0. The second-order valence-electron chi connectivity index (χ2n) is 26.9. The summed E-state index contributed by atoms with van der Waals surface area (Å²) in [4.78, 5) is 72.6. The highest BCUT2D eigenvalue weighted by Gasteiger charge is 2.30. The van der Waals surface area contributed by atoms with Crippen molar-refractivity contribution in [2.45, 2.75) is 381 Å². The van der Waals surface area contributed by atoms with Crippen molar-refractivity contribution in [1.29, 1.82) is 0 Å². The topological polar surface area (TPSA) is 237 Å². The number of phosphoric acid groups is 2. The van der Waals surface area contributed by atoms with Gasteiger partial charge in [-0.25, -0.2) is 9.13 Å². The molecular formula is C72H140O17P2. The van der Waals surface area contributed by atoms with Gasteiger partial charge in [0.15, 0.2) is 12.2 Å². The van der Waals surface area contributed by atoms with Gasteiger partial charge >= 0.3 is 39.5 Å². The van der Waals surface area contributed by atoms with E-state index in [1.807, 2.05) is 0 Å². The molecule has 4 unspecified atom stereocenters. The van der Waals surface area contributed by atoms with Crippen molar-refractivity contribution in [3.8, 4) is 0 Å². The second kappa shape index (κ2) is 62.8. The predicted octanol–water partition coefficient (Wildman–Crippen LogP) is 20.6. The van der Waals surface area contributed by atoms with E-state index in [1.54, 1.807) is 0 Å². The number of carbonyl (C=O) groups is 4. The summed E-state index contributed by atoms with van der Waals surface area (Å²) >= 11 is 0. The highest BCUT2D eigenvalue weighted by molar-refractivity contribution is 7.47. The third-order valence-corrected chi connectivity index (χ3v) is 19.3. The summed E-state index contributed by atoms with van der Waals surface area (Å²) in [5.41, 5.74) is 0. The van der Waals surface area contributed by atoms with Crippen LogP contribution in [0.15, 0.2) is 0 Å². The minimum Gasteiger partial charge on any atom is -0.462 e. The lowest BCUT2D eigenvalue weighted by Gasteiger charge is -2.21. The van der Waals surface area contributed by atoms with Gasteiger partial charge in [0.05, 0.1) is 26.4 Å². The molecule has 0 heterocycles. The molecule has 0 saturated heterocycles. The monoisotopic (exact) mass is 1340 g/mol. The lowest BCUT2D eigenvalue weighted by atomic mass is 9.99. The van der Waals surface area contributed by atoms with E-state index in [9.17, 15) is 43.2 Å². The number of aliphatic hydroxyl groups is 1. The molecule has 540 valence electrons. The molecule has 0 aromatic carbocycles. The first-order valence-electron chi connectivity index (χ1n) is 37.4. The zero-order valence-corrected chi connectivity index (χ0v) is 61.1. The van der Waals surface area contributed by atoms with Crippen LogP contribution in [0.3, 0.4) is 0 Å². The third-order valence-electron chi connectivity index (χ3n) is 17.4. The number of esters is 4. The van der Waals surface area contributed by atoms with Crippen molar-refractivity contribution in [3.05, 3.63) is 0 Å². The molecule has 7 atom stereocenters. The Labute approximate surface area is 556 Å². The van der Waals surface area contributed by atoms with Gasteiger partial charge in [0.2, 0.25) is 0 Å². The molecule has 0 radical (unpaired) electrons. The molecule has 0 spiro atoms. The maximum absolute atomic E-state index is 13.0. The van der Waals surface area contributed by atoms with Crippen molar-refractivity contribution in [1.82, 2.24) is 0 Å². The fourth-order valence-corrected chi connectivity index (χ4v) is 12.4. The van der Waals surface area contributed by atoms with Crippen LogP contribution < -0.4 is 0 Å². The van der Waals surface area contributed by atoms with Gasteiger partial charge in [-0.3, -0.25) is 37.3 Å². The van der Waals surface area contributed by atoms with Gasteiger partial charge in [-0.05, 0) is 43.4 Å².